The Kier molecular flexibility index (Phi) is 5.77. The molecule has 8 nitrogen and oxygen atoms in total. The molecular formula is C20H30N6O2. The summed E-state index contributed by atoms with van der Waals surface area (Å²) < 4.78 is 9.32. The molecule has 152 valence electrons. The van der Waals surface area contributed by atoms with Crippen LogP contribution in [0.2, 0.25) is 0 Å². The lowest BCUT2D eigenvalue weighted by atomic mass is 10.0. The molecule has 0 unspecified atom stereocenters. The Bertz CT molecular complexity index is 784. The Morgan fingerprint density at radius 3 is 2.79 bits per heavy atom. The second-order valence-corrected chi connectivity index (χ2v) is 8.14. The Morgan fingerprint density at radius 1 is 1.29 bits per heavy atom. The SMILES string of the molecule is CC(C)n1cc(CN2CCC(n3nccc3NC(=O)[C@H]3CCOC3)CC2)cn1. The first kappa shape index (κ1) is 19.1. The van der Waals surface area contributed by atoms with Gasteiger partial charge in [0.1, 0.15) is 5.82 Å². The number of hydrogen-bond donors (Lipinski definition) is 1. The van der Waals surface area contributed by atoms with Crippen LogP contribution in [0.3, 0.4) is 0 Å². The summed E-state index contributed by atoms with van der Waals surface area (Å²) in [6, 6.07) is 2.60. The van der Waals surface area contributed by atoms with Crippen LogP contribution in [0.25, 0.3) is 0 Å². The number of nitrogens with zero attached hydrogens (tertiary/aromatic N) is 5. The molecule has 2 aromatic rings. The molecule has 1 N–H and O–H groups in total. The second kappa shape index (κ2) is 8.45. The van der Waals surface area contributed by atoms with E-state index in [2.05, 4.69) is 40.5 Å². The van der Waals surface area contributed by atoms with Crippen LogP contribution in [0.5, 0.6) is 0 Å². The Hall–Kier alpha value is -2.19. The lowest BCUT2D eigenvalue weighted by Crippen LogP contribution is -2.35. The number of nitrogens with one attached hydrogen (secondary N) is 1. The maximum atomic E-state index is 12.4. The van der Waals surface area contributed by atoms with E-state index in [1.807, 2.05) is 21.6 Å². The summed E-state index contributed by atoms with van der Waals surface area (Å²) in [5.74, 6) is 0.796. The van der Waals surface area contributed by atoms with Crippen molar-refractivity contribution >= 4 is 11.7 Å². The molecule has 0 bridgehead atoms. The normalized spacial score (nSPS) is 21.5. The molecule has 0 saturated carbocycles. The van der Waals surface area contributed by atoms with E-state index in [1.54, 1.807) is 6.20 Å². The highest BCUT2D eigenvalue weighted by Crippen LogP contribution is 2.27. The van der Waals surface area contributed by atoms with Crippen molar-refractivity contribution in [2.24, 2.45) is 5.92 Å². The van der Waals surface area contributed by atoms with Crippen LogP contribution in [-0.2, 0) is 16.1 Å². The van der Waals surface area contributed by atoms with Crippen LogP contribution < -0.4 is 5.32 Å². The van der Waals surface area contributed by atoms with Crippen LogP contribution in [0, 0.1) is 5.92 Å². The van der Waals surface area contributed by atoms with E-state index < -0.39 is 0 Å². The van der Waals surface area contributed by atoms with Gasteiger partial charge in [0.05, 0.1) is 31.0 Å². The molecule has 28 heavy (non-hydrogen) atoms. The fourth-order valence-corrected chi connectivity index (χ4v) is 4.00. The summed E-state index contributed by atoms with van der Waals surface area (Å²) in [7, 11) is 0. The zero-order chi connectivity index (χ0) is 19.5. The van der Waals surface area contributed by atoms with Crippen molar-refractivity contribution in [2.45, 2.75) is 51.7 Å². The Labute approximate surface area is 165 Å². The van der Waals surface area contributed by atoms with E-state index in [1.165, 1.54) is 5.56 Å². The monoisotopic (exact) mass is 386 g/mol. The van der Waals surface area contributed by atoms with Crippen molar-refractivity contribution in [3.63, 3.8) is 0 Å². The van der Waals surface area contributed by atoms with E-state index in [0.717, 1.165) is 44.7 Å². The summed E-state index contributed by atoms with van der Waals surface area (Å²) in [5, 5.41) is 12.0. The first-order valence-corrected chi connectivity index (χ1v) is 10.3. The number of hydrogen-bond acceptors (Lipinski definition) is 5. The standard InChI is InChI=1S/C20H30N6O2/c1-15(2)25-13-16(11-22-25)12-24-8-4-18(5-9-24)26-19(3-7-21-26)23-20(27)17-6-10-28-14-17/h3,7,11,13,15,17-18H,4-6,8-10,12,14H2,1-2H3,(H,23,27)/t17-/m0/s1. The highest BCUT2D eigenvalue weighted by Gasteiger charge is 2.27. The molecule has 0 spiro atoms. The zero-order valence-corrected chi connectivity index (χ0v) is 16.8. The minimum absolute atomic E-state index is 0.0406. The third-order valence-electron chi connectivity index (χ3n) is 5.72. The molecule has 0 aliphatic carbocycles. The van der Waals surface area contributed by atoms with Crippen molar-refractivity contribution in [3.8, 4) is 0 Å². The molecule has 1 atom stereocenters. The number of ether oxygens (including phenoxy) is 1. The third-order valence-corrected chi connectivity index (χ3v) is 5.72. The summed E-state index contributed by atoms with van der Waals surface area (Å²) in [6.07, 6.45) is 8.73. The van der Waals surface area contributed by atoms with Gasteiger partial charge in [-0.05, 0) is 33.1 Å². The molecule has 2 aromatic heterocycles. The summed E-state index contributed by atoms with van der Waals surface area (Å²) >= 11 is 0. The molecule has 2 saturated heterocycles. The molecule has 2 aliphatic heterocycles. The quantitative estimate of drug-likeness (QED) is 0.825. The van der Waals surface area contributed by atoms with Gasteiger partial charge in [-0.2, -0.15) is 10.2 Å². The van der Waals surface area contributed by atoms with Gasteiger partial charge in [0.15, 0.2) is 0 Å². The van der Waals surface area contributed by atoms with Gasteiger partial charge in [-0.15, -0.1) is 0 Å². The van der Waals surface area contributed by atoms with Gasteiger partial charge in [0.25, 0.3) is 0 Å². The van der Waals surface area contributed by atoms with Crippen LogP contribution in [-0.4, -0.2) is 56.7 Å². The van der Waals surface area contributed by atoms with Crippen molar-refractivity contribution in [1.29, 1.82) is 0 Å². The topological polar surface area (TPSA) is 77.2 Å². The maximum Gasteiger partial charge on any atom is 0.231 e. The fraction of sp³-hybridized carbons (Fsp3) is 0.650. The van der Waals surface area contributed by atoms with Crippen LogP contribution >= 0.6 is 0 Å². The maximum absolute atomic E-state index is 12.4. The van der Waals surface area contributed by atoms with Gasteiger partial charge in [0.2, 0.25) is 5.91 Å². The first-order chi connectivity index (χ1) is 13.6. The largest absolute Gasteiger partial charge is 0.381 e. The van der Waals surface area contributed by atoms with Crippen LogP contribution in [0.4, 0.5) is 5.82 Å². The number of carbonyl (C=O) groups excluding carboxylic acids is 1. The van der Waals surface area contributed by atoms with E-state index in [9.17, 15) is 4.79 Å². The van der Waals surface area contributed by atoms with Crippen molar-refractivity contribution in [2.75, 3.05) is 31.6 Å². The molecule has 2 aliphatic rings. The summed E-state index contributed by atoms with van der Waals surface area (Å²) in [5.41, 5.74) is 1.26. The number of aromatic nitrogens is 4. The first-order valence-electron chi connectivity index (χ1n) is 10.3. The van der Waals surface area contributed by atoms with Gasteiger partial charge < -0.3 is 10.1 Å². The molecule has 4 rings (SSSR count). The molecule has 4 heterocycles. The van der Waals surface area contributed by atoms with Crippen molar-refractivity contribution in [1.82, 2.24) is 24.5 Å². The van der Waals surface area contributed by atoms with Gasteiger partial charge >= 0.3 is 0 Å². The molecule has 0 radical (unpaired) electrons. The number of amides is 1. The van der Waals surface area contributed by atoms with E-state index in [0.29, 0.717) is 25.3 Å². The molecule has 0 aromatic carbocycles. The number of rotatable bonds is 6. The molecule has 2 fully saturated rings. The van der Waals surface area contributed by atoms with Crippen LogP contribution in [0.15, 0.2) is 24.7 Å². The number of anilines is 1. The van der Waals surface area contributed by atoms with E-state index in [-0.39, 0.29) is 11.8 Å². The van der Waals surface area contributed by atoms with Crippen molar-refractivity contribution in [3.05, 3.63) is 30.2 Å². The number of likely N-dealkylation sites (tertiary alicyclic amines) is 1. The average Bonchev–Trinajstić information content (AvgIpc) is 3.44. The predicted molar refractivity (Wildman–Crippen MR) is 106 cm³/mol. The Morgan fingerprint density at radius 2 is 2.11 bits per heavy atom. The van der Waals surface area contributed by atoms with Gasteiger partial charge in [-0.25, -0.2) is 4.68 Å². The van der Waals surface area contributed by atoms with E-state index >= 15 is 0 Å². The highest BCUT2D eigenvalue weighted by atomic mass is 16.5. The third kappa shape index (κ3) is 4.28. The lowest BCUT2D eigenvalue weighted by molar-refractivity contribution is -0.119. The molecule has 8 heteroatoms. The molecule has 1 amide bonds. The van der Waals surface area contributed by atoms with Gasteiger partial charge in [0, 0.05) is 50.1 Å². The zero-order valence-electron chi connectivity index (χ0n) is 16.8. The minimum atomic E-state index is -0.0445. The van der Waals surface area contributed by atoms with Crippen LogP contribution in [0.1, 0.15) is 50.8 Å². The summed E-state index contributed by atoms with van der Waals surface area (Å²) in [6.45, 7) is 8.44. The fourth-order valence-electron chi connectivity index (χ4n) is 4.00. The molecular weight excluding hydrogens is 356 g/mol. The number of piperidine rings is 1. The van der Waals surface area contributed by atoms with Gasteiger partial charge in [-0.1, -0.05) is 0 Å². The lowest BCUT2D eigenvalue weighted by Gasteiger charge is -2.32. The summed E-state index contributed by atoms with van der Waals surface area (Å²) in [4.78, 5) is 14.9. The van der Waals surface area contributed by atoms with E-state index in [4.69, 9.17) is 4.74 Å². The average molecular weight is 387 g/mol. The predicted octanol–water partition coefficient (Wildman–Crippen LogP) is 2.47. The smallest absolute Gasteiger partial charge is 0.231 e. The number of carbonyl (C=O) groups is 1. The van der Waals surface area contributed by atoms with Gasteiger partial charge in [-0.3, -0.25) is 14.4 Å². The highest BCUT2D eigenvalue weighted by molar-refractivity contribution is 5.92. The second-order valence-electron chi connectivity index (χ2n) is 8.14. The Balaban J connectivity index is 1.31. The minimum Gasteiger partial charge on any atom is -0.381 e. The van der Waals surface area contributed by atoms with Crippen molar-refractivity contribution < 1.29 is 9.53 Å².